The number of hydrogen-bond acceptors (Lipinski definition) is 2. The monoisotopic (exact) mass is 218 g/mol. The molecule has 1 atom stereocenters. The molecule has 2 nitrogen and oxygen atoms in total. The number of aromatic nitrogens is 1. The Labute approximate surface area is 98.5 Å². The Morgan fingerprint density at radius 2 is 2.00 bits per heavy atom. The minimum atomic E-state index is 0.685. The fraction of sp³-hybridized carbons (Fsp3) is 0.643. The van der Waals surface area contributed by atoms with Gasteiger partial charge in [-0.2, -0.15) is 0 Å². The van der Waals surface area contributed by atoms with Crippen molar-refractivity contribution >= 4 is 0 Å². The fourth-order valence-electron chi connectivity index (χ4n) is 2.62. The molecule has 88 valence electrons. The first-order valence-corrected chi connectivity index (χ1v) is 6.48. The molecule has 1 aromatic rings. The van der Waals surface area contributed by atoms with E-state index in [-0.39, 0.29) is 0 Å². The third kappa shape index (κ3) is 3.31. The van der Waals surface area contributed by atoms with Crippen LogP contribution < -0.4 is 5.32 Å². The molecule has 2 rings (SSSR count). The van der Waals surface area contributed by atoms with E-state index in [1.807, 2.05) is 12.4 Å². The molecule has 1 saturated carbocycles. The van der Waals surface area contributed by atoms with Gasteiger partial charge >= 0.3 is 0 Å². The molecular formula is C14H22N2. The molecule has 1 N–H and O–H groups in total. The normalized spacial score (nSPS) is 18.8. The molecule has 0 amide bonds. The van der Waals surface area contributed by atoms with Crippen molar-refractivity contribution in [2.45, 2.75) is 45.1 Å². The number of nitrogens with one attached hydrogen (secondary N) is 1. The summed E-state index contributed by atoms with van der Waals surface area (Å²) in [5.41, 5.74) is 1.38. The van der Waals surface area contributed by atoms with E-state index in [0.29, 0.717) is 6.04 Å². The Balaban J connectivity index is 1.67. The molecule has 1 aromatic heterocycles. The van der Waals surface area contributed by atoms with Gasteiger partial charge in [0.25, 0.3) is 0 Å². The molecule has 0 aliphatic heterocycles. The minimum Gasteiger partial charge on any atom is -0.314 e. The lowest BCUT2D eigenvalue weighted by molar-refractivity contribution is 0.384. The second-order valence-corrected chi connectivity index (χ2v) is 4.89. The zero-order chi connectivity index (χ0) is 11.2. The van der Waals surface area contributed by atoms with E-state index in [4.69, 9.17) is 0 Å². The second kappa shape index (κ2) is 6.00. The molecule has 1 heterocycles. The lowest BCUT2D eigenvalue weighted by Gasteiger charge is -2.20. The van der Waals surface area contributed by atoms with Crippen molar-refractivity contribution in [3.05, 3.63) is 30.1 Å². The molecule has 16 heavy (non-hydrogen) atoms. The van der Waals surface area contributed by atoms with Gasteiger partial charge in [0.1, 0.15) is 0 Å². The van der Waals surface area contributed by atoms with E-state index in [1.165, 1.54) is 31.2 Å². The number of hydrogen-bond donors (Lipinski definition) is 1. The van der Waals surface area contributed by atoms with E-state index in [0.717, 1.165) is 18.9 Å². The largest absolute Gasteiger partial charge is 0.314 e. The van der Waals surface area contributed by atoms with Crippen LogP contribution in [0.4, 0.5) is 0 Å². The van der Waals surface area contributed by atoms with Crippen LogP contribution in [0.25, 0.3) is 0 Å². The number of rotatable bonds is 5. The van der Waals surface area contributed by atoms with Gasteiger partial charge in [0.15, 0.2) is 0 Å². The topological polar surface area (TPSA) is 24.9 Å². The summed E-state index contributed by atoms with van der Waals surface area (Å²) in [6.45, 7) is 3.42. The van der Waals surface area contributed by atoms with Crippen LogP contribution in [0.5, 0.6) is 0 Å². The van der Waals surface area contributed by atoms with Crippen LogP contribution in [0, 0.1) is 5.92 Å². The van der Waals surface area contributed by atoms with Crippen LogP contribution in [-0.2, 0) is 6.42 Å². The summed E-state index contributed by atoms with van der Waals surface area (Å²) in [6.07, 6.45) is 10.6. The van der Waals surface area contributed by atoms with Crippen LogP contribution in [-0.4, -0.2) is 17.6 Å². The summed E-state index contributed by atoms with van der Waals surface area (Å²) in [7, 11) is 0. The Kier molecular flexibility index (Phi) is 4.34. The van der Waals surface area contributed by atoms with Gasteiger partial charge in [-0.05, 0) is 56.3 Å². The standard InChI is InChI=1S/C14H22N2/c1-12(14-4-2-3-5-14)16-11-8-13-6-9-15-10-7-13/h6-7,9-10,12,14,16H,2-5,8,11H2,1H3. The highest BCUT2D eigenvalue weighted by Gasteiger charge is 2.20. The zero-order valence-corrected chi connectivity index (χ0v) is 10.2. The Morgan fingerprint density at radius 3 is 2.69 bits per heavy atom. The third-order valence-corrected chi connectivity index (χ3v) is 3.74. The molecule has 1 aliphatic carbocycles. The van der Waals surface area contributed by atoms with Crippen molar-refractivity contribution in [3.63, 3.8) is 0 Å². The molecule has 0 bridgehead atoms. The predicted octanol–water partition coefficient (Wildman–Crippen LogP) is 2.79. The van der Waals surface area contributed by atoms with E-state index in [1.54, 1.807) is 0 Å². The quantitative estimate of drug-likeness (QED) is 0.822. The van der Waals surface area contributed by atoms with Gasteiger partial charge in [0.05, 0.1) is 0 Å². The lowest BCUT2D eigenvalue weighted by Crippen LogP contribution is -2.33. The van der Waals surface area contributed by atoms with Gasteiger partial charge in [-0.15, -0.1) is 0 Å². The van der Waals surface area contributed by atoms with Crippen molar-refractivity contribution in [1.82, 2.24) is 10.3 Å². The number of pyridine rings is 1. The highest BCUT2D eigenvalue weighted by atomic mass is 14.9. The molecule has 1 aliphatic rings. The van der Waals surface area contributed by atoms with E-state index in [2.05, 4.69) is 29.4 Å². The van der Waals surface area contributed by atoms with E-state index < -0.39 is 0 Å². The van der Waals surface area contributed by atoms with Crippen LogP contribution in [0.3, 0.4) is 0 Å². The maximum atomic E-state index is 4.03. The summed E-state index contributed by atoms with van der Waals surface area (Å²) in [4.78, 5) is 4.03. The van der Waals surface area contributed by atoms with Gasteiger partial charge in [-0.25, -0.2) is 0 Å². The van der Waals surface area contributed by atoms with Crippen molar-refractivity contribution in [1.29, 1.82) is 0 Å². The minimum absolute atomic E-state index is 0.685. The van der Waals surface area contributed by atoms with E-state index in [9.17, 15) is 0 Å². The fourth-order valence-corrected chi connectivity index (χ4v) is 2.62. The first-order valence-electron chi connectivity index (χ1n) is 6.48. The van der Waals surface area contributed by atoms with Crippen LogP contribution in [0.15, 0.2) is 24.5 Å². The summed E-state index contributed by atoms with van der Waals surface area (Å²) in [5.74, 6) is 0.914. The summed E-state index contributed by atoms with van der Waals surface area (Å²) >= 11 is 0. The molecule has 1 fully saturated rings. The van der Waals surface area contributed by atoms with Crippen LogP contribution in [0.2, 0.25) is 0 Å². The first kappa shape index (κ1) is 11.6. The second-order valence-electron chi connectivity index (χ2n) is 4.89. The highest BCUT2D eigenvalue weighted by Crippen LogP contribution is 2.27. The molecule has 0 spiro atoms. The smallest absolute Gasteiger partial charge is 0.0270 e. The summed E-state index contributed by atoms with van der Waals surface area (Å²) in [5, 5.41) is 3.65. The molecule has 2 heteroatoms. The summed E-state index contributed by atoms with van der Waals surface area (Å²) in [6, 6.07) is 4.88. The third-order valence-electron chi connectivity index (χ3n) is 3.74. The molecule has 1 unspecified atom stereocenters. The van der Waals surface area contributed by atoms with Gasteiger partial charge in [0, 0.05) is 18.4 Å². The Bertz CT molecular complexity index is 291. The zero-order valence-electron chi connectivity index (χ0n) is 10.2. The molecule has 0 saturated heterocycles. The van der Waals surface area contributed by atoms with Crippen LogP contribution >= 0.6 is 0 Å². The van der Waals surface area contributed by atoms with E-state index >= 15 is 0 Å². The molecule has 0 aromatic carbocycles. The predicted molar refractivity (Wildman–Crippen MR) is 67.4 cm³/mol. The van der Waals surface area contributed by atoms with Crippen molar-refractivity contribution in [3.8, 4) is 0 Å². The van der Waals surface area contributed by atoms with Gasteiger partial charge in [-0.3, -0.25) is 4.98 Å². The SMILES string of the molecule is CC(NCCc1ccncc1)C1CCCC1. The van der Waals surface area contributed by atoms with Crippen molar-refractivity contribution < 1.29 is 0 Å². The lowest BCUT2D eigenvalue weighted by atomic mass is 10.00. The maximum Gasteiger partial charge on any atom is 0.0270 e. The average molecular weight is 218 g/mol. The van der Waals surface area contributed by atoms with Crippen LogP contribution in [0.1, 0.15) is 38.2 Å². The van der Waals surface area contributed by atoms with Gasteiger partial charge < -0.3 is 5.32 Å². The van der Waals surface area contributed by atoms with Crippen molar-refractivity contribution in [2.75, 3.05) is 6.54 Å². The first-order chi connectivity index (χ1) is 7.86. The molecule has 0 radical (unpaired) electrons. The summed E-state index contributed by atoms with van der Waals surface area (Å²) < 4.78 is 0. The van der Waals surface area contributed by atoms with Gasteiger partial charge in [-0.1, -0.05) is 12.8 Å². The highest BCUT2D eigenvalue weighted by molar-refractivity contribution is 5.09. The molecular weight excluding hydrogens is 196 g/mol. The van der Waals surface area contributed by atoms with Gasteiger partial charge in [0.2, 0.25) is 0 Å². The number of nitrogens with zero attached hydrogens (tertiary/aromatic N) is 1. The van der Waals surface area contributed by atoms with Crippen molar-refractivity contribution in [2.24, 2.45) is 5.92 Å². The Hall–Kier alpha value is -0.890. The maximum absolute atomic E-state index is 4.03. The Morgan fingerprint density at radius 1 is 1.31 bits per heavy atom. The average Bonchev–Trinajstić information content (AvgIpc) is 2.84.